The fourth-order valence-electron chi connectivity index (χ4n) is 4.71. The fraction of sp³-hybridized carbons (Fsp3) is 0.458. The van der Waals surface area contributed by atoms with Crippen LogP contribution in [0.25, 0.3) is 0 Å². The Morgan fingerprint density at radius 1 is 1.06 bits per heavy atom. The van der Waals surface area contributed by atoms with Crippen LogP contribution in [-0.2, 0) is 11.3 Å². The minimum Gasteiger partial charge on any atom is -0.388 e. The summed E-state index contributed by atoms with van der Waals surface area (Å²) >= 11 is 0. The van der Waals surface area contributed by atoms with E-state index in [1.54, 1.807) is 6.07 Å². The average Bonchev–Trinajstić information content (AvgIpc) is 2.76. The molecule has 2 fully saturated rings. The highest BCUT2D eigenvalue weighted by Crippen LogP contribution is 2.29. The van der Waals surface area contributed by atoms with Gasteiger partial charge in [0.15, 0.2) is 0 Å². The number of nitrogens with zero attached hydrogens (tertiary/aromatic N) is 3. The van der Waals surface area contributed by atoms with Gasteiger partial charge < -0.3 is 15.7 Å². The highest BCUT2D eigenvalue weighted by Gasteiger charge is 2.39. The number of hydrogen-bond acceptors (Lipinski definition) is 5. The molecule has 0 aromatic heterocycles. The summed E-state index contributed by atoms with van der Waals surface area (Å²) in [5, 5.41) is 11.2. The summed E-state index contributed by atoms with van der Waals surface area (Å²) in [7, 11) is 0. The number of carbonyl (C=O) groups is 1. The molecule has 7 heteroatoms. The van der Waals surface area contributed by atoms with Crippen LogP contribution in [0.2, 0.25) is 0 Å². The van der Waals surface area contributed by atoms with Gasteiger partial charge in [-0.1, -0.05) is 36.4 Å². The molecule has 4 rings (SSSR count). The molecule has 0 saturated carbocycles. The lowest BCUT2D eigenvalue weighted by Gasteiger charge is -2.46. The minimum absolute atomic E-state index is 0.254. The van der Waals surface area contributed by atoms with Crippen LogP contribution in [0.1, 0.15) is 18.4 Å². The van der Waals surface area contributed by atoms with E-state index >= 15 is 0 Å². The maximum atomic E-state index is 13.5. The number of piperazine rings is 1. The Hall–Kier alpha value is -2.48. The molecule has 31 heavy (non-hydrogen) atoms. The number of piperidine rings is 1. The summed E-state index contributed by atoms with van der Waals surface area (Å²) in [6.45, 7) is 4.59. The maximum Gasteiger partial charge on any atom is 0.236 e. The van der Waals surface area contributed by atoms with Crippen molar-refractivity contribution in [2.45, 2.75) is 31.0 Å². The smallest absolute Gasteiger partial charge is 0.236 e. The number of nitrogens with two attached hydrogens (primary N) is 1. The van der Waals surface area contributed by atoms with Crippen LogP contribution >= 0.6 is 0 Å². The highest BCUT2D eigenvalue weighted by atomic mass is 19.1. The van der Waals surface area contributed by atoms with E-state index in [4.69, 9.17) is 5.73 Å². The first-order valence-electron chi connectivity index (χ1n) is 10.9. The molecule has 2 aromatic carbocycles. The molecule has 166 valence electrons. The second-order valence-electron chi connectivity index (χ2n) is 8.80. The van der Waals surface area contributed by atoms with Gasteiger partial charge in [0.1, 0.15) is 11.9 Å². The van der Waals surface area contributed by atoms with E-state index < -0.39 is 11.6 Å². The van der Waals surface area contributed by atoms with Crippen molar-refractivity contribution in [3.05, 3.63) is 66.0 Å². The van der Waals surface area contributed by atoms with Crippen LogP contribution in [0.5, 0.6) is 0 Å². The van der Waals surface area contributed by atoms with E-state index in [9.17, 15) is 14.3 Å². The van der Waals surface area contributed by atoms with Crippen LogP contribution in [-0.4, -0.2) is 71.7 Å². The number of aliphatic hydroxyl groups is 1. The van der Waals surface area contributed by atoms with Crippen LogP contribution < -0.4 is 10.6 Å². The second kappa shape index (κ2) is 9.34. The summed E-state index contributed by atoms with van der Waals surface area (Å²) in [5.74, 6) is -0.602. The number of halogens is 1. The standard InChI is InChI=1S/C24H31FN4O2/c25-20-7-4-8-21(15-20)28-11-9-24(31,10-12-28)18-29-14-13-27(17-22(29)23(26)30)16-19-5-2-1-3-6-19/h1-8,15,22,31H,9-14,16-18H2,(H2,26,30). The van der Waals surface area contributed by atoms with Gasteiger partial charge in [-0.25, -0.2) is 4.39 Å². The minimum atomic E-state index is -0.876. The Labute approximate surface area is 183 Å². The Balaban J connectivity index is 1.35. The Morgan fingerprint density at radius 3 is 2.48 bits per heavy atom. The molecule has 0 aliphatic carbocycles. The zero-order valence-corrected chi connectivity index (χ0v) is 17.8. The van der Waals surface area contributed by atoms with Crippen LogP contribution in [0.3, 0.4) is 0 Å². The SMILES string of the molecule is NC(=O)C1CN(Cc2ccccc2)CCN1CC1(O)CCN(c2cccc(F)c2)CC1. The maximum absolute atomic E-state index is 13.5. The Morgan fingerprint density at radius 2 is 1.81 bits per heavy atom. The molecule has 1 atom stereocenters. The van der Waals surface area contributed by atoms with Gasteiger partial charge in [-0.15, -0.1) is 0 Å². The number of β-amino-alcohol motifs (C(OH)–C–C–N with tert-alkyl or cyclic N) is 1. The normalized spacial score (nSPS) is 22.4. The Kier molecular flexibility index (Phi) is 6.55. The predicted molar refractivity (Wildman–Crippen MR) is 119 cm³/mol. The number of amides is 1. The van der Waals surface area contributed by atoms with E-state index in [2.05, 4.69) is 21.9 Å². The fourth-order valence-corrected chi connectivity index (χ4v) is 4.71. The molecule has 1 unspecified atom stereocenters. The van der Waals surface area contributed by atoms with E-state index in [1.165, 1.54) is 17.7 Å². The van der Waals surface area contributed by atoms with Crippen molar-refractivity contribution >= 4 is 11.6 Å². The third-order valence-electron chi connectivity index (χ3n) is 6.52. The third kappa shape index (κ3) is 5.42. The van der Waals surface area contributed by atoms with Crippen LogP contribution in [0, 0.1) is 5.82 Å². The summed E-state index contributed by atoms with van der Waals surface area (Å²) < 4.78 is 13.5. The lowest BCUT2D eigenvalue weighted by molar-refractivity contribution is -0.128. The lowest BCUT2D eigenvalue weighted by Crippen LogP contribution is -2.62. The van der Waals surface area contributed by atoms with Gasteiger partial charge in [-0.2, -0.15) is 0 Å². The number of anilines is 1. The molecule has 2 aliphatic heterocycles. The quantitative estimate of drug-likeness (QED) is 0.737. The summed E-state index contributed by atoms with van der Waals surface area (Å²) in [5.41, 5.74) is 6.92. The molecule has 0 radical (unpaired) electrons. The van der Waals surface area contributed by atoms with E-state index in [0.717, 1.165) is 18.8 Å². The van der Waals surface area contributed by atoms with Crippen LogP contribution in [0.15, 0.2) is 54.6 Å². The first-order valence-corrected chi connectivity index (χ1v) is 10.9. The van der Waals surface area contributed by atoms with Gasteiger partial charge in [0.05, 0.1) is 5.60 Å². The molecule has 2 aromatic rings. The van der Waals surface area contributed by atoms with Crippen molar-refractivity contribution < 1.29 is 14.3 Å². The highest BCUT2D eigenvalue weighted by molar-refractivity contribution is 5.80. The Bertz CT molecular complexity index is 886. The topological polar surface area (TPSA) is 73.0 Å². The molecule has 3 N–H and O–H groups in total. The van der Waals surface area contributed by atoms with Gasteiger partial charge in [-0.05, 0) is 36.6 Å². The van der Waals surface area contributed by atoms with Gasteiger partial charge in [-0.3, -0.25) is 14.6 Å². The molecule has 2 heterocycles. The van der Waals surface area contributed by atoms with Crippen molar-refractivity contribution in [3.63, 3.8) is 0 Å². The average molecular weight is 427 g/mol. The zero-order valence-electron chi connectivity index (χ0n) is 17.8. The lowest BCUT2D eigenvalue weighted by atomic mass is 9.89. The zero-order chi connectivity index (χ0) is 21.8. The summed E-state index contributed by atoms with van der Waals surface area (Å²) in [6, 6.07) is 16.3. The molecule has 0 spiro atoms. The summed E-state index contributed by atoms with van der Waals surface area (Å²) in [4.78, 5) is 18.6. The van der Waals surface area contributed by atoms with Gasteiger partial charge in [0, 0.05) is 51.5 Å². The molecule has 2 saturated heterocycles. The first kappa shape index (κ1) is 21.7. The molecule has 1 amide bonds. The predicted octanol–water partition coefficient (Wildman–Crippen LogP) is 1.83. The first-order chi connectivity index (χ1) is 14.9. The van der Waals surface area contributed by atoms with Crippen LogP contribution in [0.4, 0.5) is 10.1 Å². The van der Waals surface area contributed by atoms with E-state index in [0.29, 0.717) is 45.6 Å². The molecule has 2 aliphatic rings. The van der Waals surface area contributed by atoms with Crippen molar-refractivity contribution in [2.75, 3.05) is 44.2 Å². The second-order valence-corrected chi connectivity index (χ2v) is 8.80. The molecular formula is C24H31FN4O2. The molecular weight excluding hydrogens is 395 g/mol. The van der Waals surface area contributed by atoms with Crippen molar-refractivity contribution in [2.24, 2.45) is 5.73 Å². The summed E-state index contributed by atoms with van der Waals surface area (Å²) in [6.07, 6.45) is 1.14. The molecule has 0 bridgehead atoms. The number of rotatable bonds is 6. The number of carbonyl (C=O) groups excluding carboxylic acids is 1. The van der Waals surface area contributed by atoms with Crippen molar-refractivity contribution in [1.29, 1.82) is 0 Å². The van der Waals surface area contributed by atoms with Gasteiger partial charge in [0.25, 0.3) is 0 Å². The van der Waals surface area contributed by atoms with Gasteiger partial charge >= 0.3 is 0 Å². The number of primary amides is 1. The largest absolute Gasteiger partial charge is 0.388 e. The van der Waals surface area contributed by atoms with Crippen molar-refractivity contribution in [1.82, 2.24) is 9.80 Å². The molecule has 6 nitrogen and oxygen atoms in total. The monoisotopic (exact) mass is 426 g/mol. The van der Waals surface area contributed by atoms with E-state index in [1.807, 2.05) is 29.2 Å². The van der Waals surface area contributed by atoms with Crippen molar-refractivity contribution in [3.8, 4) is 0 Å². The van der Waals surface area contributed by atoms with Gasteiger partial charge in [0.2, 0.25) is 5.91 Å². The third-order valence-corrected chi connectivity index (χ3v) is 6.52. The number of hydrogen-bond donors (Lipinski definition) is 2. The van der Waals surface area contributed by atoms with E-state index in [-0.39, 0.29) is 11.7 Å². The number of benzene rings is 2.